The molecule has 1 aliphatic heterocycles. The van der Waals surface area contributed by atoms with Crippen LogP contribution < -0.4 is 0 Å². The lowest BCUT2D eigenvalue weighted by Gasteiger charge is -2.33. The second-order valence-electron chi connectivity index (χ2n) is 5.56. The van der Waals surface area contributed by atoms with Gasteiger partial charge in [-0.3, -0.25) is 0 Å². The van der Waals surface area contributed by atoms with Crippen molar-refractivity contribution in [2.45, 2.75) is 43.4 Å². The number of aliphatic hydroxyl groups excluding tert-OH is 2. The summed E-state index contributed by atoms with van der Waals surface area (Å²) < 4.78 is 24.6. The maximum Gasteiger partial charge on any atom is 0.346 e. The molecule has 26 heavy (non-hydrogen) atoms. The molecule has 148 valence electrons. The minimum absolute atomic E-state index is 0.0765. The lowest BCUT2D eigenvalue weighted by Crippen LogP contribution is -2.54. The summed E-state index contributed by atoms with van der Waals surface area (Å²) in [4.78, 5) is 36.5. The van der Waals surface area contributed by atoms with Crippen molar-refractivity contribution in [3.05, 3.63) is 11.6 Å². The number of esters is 3. The number of aliphatic hydroxyl groups is 2. The maximum atomic E-state index is 12.6. The molecule has 10 heteroatoms. The van der Waals surface area contributed by atoms with Gasteiger partial charge in [-0.15, -0.1) is 0 Å². The highest BCUT2D eigenvalue weighted by molar-refractivity contribution is 6.05. The van der Waals surface area contributed by atoms with Crippen molar-refractivity contribution in [3.8, 4) is 0 Å². The Bertz CT molecular complexity index is 586. The lowest BCUT2D eigenvalue weighted by atomic mass is 9.85. The normalized spacial score (nSPS) is 31.4. The monoisotopic (exact) mass is 376 g/mol. The van der Waals surface area contributed by atoms with Gasteiger partial charge in [-0.25, -0.2) is 14.4 Å². The summed E-state index contributed by atoms with van der Waals surface area (Å²) in [6.07, 6.45) is -2.55. The zero-order valence-electron chi connectivity index (χ0n) is 15.3. The van der Waals surface area contributed by atoms with E-state index in [-0.39, 0.29) is 6.42 Å². The zero-order chi connectivity index (χ0) is 20.1. The molecule has 4 atom stereocenters. The molecule has 0 saturated carbocycles. The minimum atomic E-state index is -2.55. The van der Waals surface area contributed by atoms with Crippen LogP contribution in [0, 0.1) is 0 Å². The van der Waals surface area contributed by atoms with Crippen molar-refractivity contribution >= 4 is 17.9 Å². The molecule has 0 amide bonds. The van der Waals surface area contributed by atoms with Crippen LogP contribution in [0.1, 0.15) is 19.8 Å². The van der Waals surface area contributed by atoms with E-state index in [1.807, 2.05) is 0 Å². The van der Waals surface area contributed by atoms with Gasteiger partial charge in [0.05, 0.1) is 26.9 Å². The standard InChI is InChI=1S/C16H24O10/c1-6-7-15(25-5)11(18)12(19)16(26-15,14(21)24-4)9(13(20)23-3)8-10(17)22-2/h8,11-12,18-19H,6-7H2,1-5H3/b9-8+/t11-,12-,15+,16+/m1/s1. The molecular weight excluding hydrogens is 352 g/mol. The smallest absolute Gasteiger partial charge is 0.346 e. The molecule has 0 radical (unpaired) electrons. The molecular formula is C16H24O10. The molecule has 0 aromatic rings. The number of carbonyl (C=O) groups excluding carboxylic acids is 3. The Labute approximate surface area is 150 Å². The second kappa shape index (κ2) is 8.58. The fourth-order valence-electron chi connectivity index (χ4n) is 2.91. The average Bonchev–Trinajstić information content (AvgIpc) is 2.88. The molecule has 0 unspecified atom stereocenters. The summed E-state index contributed by atoms with van der Waals surface area (Å²) in [5.74, 6) is -5.20. The molecule has 1 rings (SSSR count). The summed E-state index contributed by atoms with van der Waals surface area (Å²) >= 11 is 0. The molecule has 1 heterocycles. The van der Waals surface area contributed by atoms with E-state index in [4.69, 9.17) is 9.47 Å². The number of methoxy groups -OCH3 is 4. The van der Waals surface area contributed by atoms with Gasteiger partial charge in [-0.05, 0) is 0 Å². The fourth-order valence-corrected chi connectivity index (χ4v) is 2.91. The SMILES string of the molecule is CCC[C@]1(OC)O[C@@](C(=O)OC)(/C(=C/C(=O)OC)C(=O)OC)[C@H](O)[C@H]1O. The summed E-state index contributed by atoms with van der Waals surface area (Å²) in [5.41, 5.74) is -3.25. The Balaban J connectivity index is 3.70. The molecule has 0 aromatic heterocycles. The summed E-state index contributed by atoms with van der Waals surface area (Å²) in [5, 5.41) is 21.2. The van der Waals surface area contributed by atoms with Crippen molar-refractivity contribution < 1.29 is 48.3 Å². The van der Waals surface area contributed by atoms with Crippen molar-refractivity contribution in [2.24, 2.45) is 0 Å². The lowest BCUT2D eigenvalue weighted by molar-refractivity contribution is -0.262. The van der Waals surface area contributed by atoms with Crippen LogP contribution in [0.5, 0.6) is 0 Å². The highest BCUT2D eigenvalue weighted by Crippen LogP contribution is 2.46. The van der Waals surface area contributed by atoms with Crippen LogP contribution in [0.2, 0.25) is 0 Å². The predicted octanol–water partition coefficient (Wildman–Crippen LogP) is -0.935. The fraction of sp³-hybridized carbons (Fsp3) is 0.688. The molecule has 0 aliphatic carbocycles. The molecule has 1 saturated heterocycles. The molecule has 0 spiro atoms. The van der Waals surface area contributed by atoms with Crippen molar-refractivity contribution in [3.63, 3.8) is 0 Å². The van der Waals surface area contributed by atoms with Crippen molar-refractivity contribution in [1.82, 2.24) is 0 Å². The van der Waals surface area contributed by atoms with Crippen LogP contribution in [0.15, 0.2) is 11.6 Å². The summed E-state index contributed by atoms with van der Waals surface area (Å²) in [6.45, 7) is 1.76. The van der Waals surface area contributed by atoms with Gasteiger partial charge in [0.1, 0.15) is 12.2 Å². The van der Waals surface area contributed by atoms with Crippen LogP contribution in [0.4, 0.5) is 0 Å². The Hall–Kier alpha value is -2.01. The van der Waals surface area contributed by atoms with Crippen molar-refractivity contribution in [1.29, 1.82) is 0 Å². The minimum Gasteiger partial charge on any atom is -0.467 e. The maximum absolute atomic E-state index is 12.6. The predicted molar refractivity (Wildman–Crippen MR) is 84.6 cm³/mol. The second-order valence-corrected chi connectivity index (χ2v) is 5.56. The van der Waals surface area contributed by atoms with Crippen LogP contribution in [-0.2, 0) is 38.1 Å². The zero-order valence-corrected chi connectivity index (χ0v) is 15.3. The van der Waals surface area contributed by atoms with Crippen LogP contribution >= 0.6 is 0 Å². The van der Waals surface area contributed by atoms with E-state index in [9.17, 15) is 24.6 Å². The third-order valence-corrected chi connectivity index (χ3v) is 4.20. The van der Waals surface area contributed by atoms with Crippen LogP contribution in [0.25, 0.3) is 0 Å². The van der Waals surface area contributed by atoms with Crippen LogP contribution in [-0.4, -0.2) is 80.2 Å². The van der Waals surface area contributed by atoms with E-state index in [1.54, 1.807) is 6.92 Å². The molecule has 10 nitrogen and oxygen atoms in total. The van der Waals surface area contributed by atoms with Gasteiger partial charge in [0.25, 0.3) is 0 Å². The Morgan fingerprint density at radius 2 is 1.65 bits per heavy atom. The first kappa shape index (κ1) is 22.0. The molecule has 1 fully saturated rings. The topological polar surface area (TPSA) is 138 Å². The van der Waals surface area contributed by atoms with Gasteiger partial charge >= 0.3 is 17.9 Å². The Morgan fingerprint density at radius 3 is 2.08 bits per heavy atom. The van der Waals surface area contributed by atoms with Gasteiger partial charge < -0.3 is 33.9 Å². The number of rotatable bonds is 7. The summed E-state index contributed by atoms with van der Waals surface area (Å²) in [6, 6.07) is 0. The van der Waals surface area contributed by atoms with Crippen LogP contribution in [0.3, 0.4) is 0 Å². The molecule has 1 aliphatic rings. The molecule has 2 N–H and O–H groups in total. The van der Waals surface area contributed by atoms with Gasteiger partial charge in [0.15, 0.2) is 5.79 Å². The third-order valence-electron chi connectivity index (χ3n) is 4.20. The van der Waals surface area contributed by atoms with E-state index < -0.39 is 47.1 Å². The number of hydrogen-bond donors (Lipinski definition) is 2. The highest BCUT2D eigenvalue weighted by Gasteiger charge is 2.69. The Kier molecular flexibility index (Phi) is 7.27. The average molecular weight is 376 g/mol. The number of ether oxygens (including phenoxy) is 5. The van der Waals surface area contributed by atoms with E-state index >= 15 is 0 Å². The van der Waals surface area contributed by atoms with Gasteiger partial charge in [0, 0.05) is 19.6 Å². The van der Waals surface area contributed by atoms with E-state index in [1.165, 1.54) is 7.11 Å². The first-order valence-corrected chi connectivity index (χ1v) is 7.79. The van der Waals surface area contributed by atoms with Crippen molar-refractivity contribution in [2.75, 3.05) is 28.4 Å². The van der Waals surface area contributed by atoms with E-state index in [0.717, 1.165) is 21.3 Å². The largest absolute Gasteiger partial charge is 0.467 e. The first-order valence-electron chi connectivity index (χ1n) is 7.79. The van der Waals surface area contributed by atoms with E-state index in [0.29, 0.717) is 12.5 Å². The molecule has 0 aromatic carbocycles. The molecule has 0 bridgehead atoms. The third kappa shape index (κ3) is 3.45. The quantitative estimate of drug-likeness (QED) is 0.325. The highest BCUT2D eigenvalue weighted by atomic mass is 16.7. The summed E-state index contributed by atoms with van der Waals surface area (Å²) in [7, 11) is 4.26. The van der Waals surface area contributed by atoms with Gasteiger partial charge in [-0.1, -0.05) is 13.3 Å². The van der Waals surface area contributed by atoms with Gasteiger partial charge in [-0.2, -0.15) is 0 Å². The first-order chi connectivity index (χ1) is 12.2. The van der Waals surface area contributed by atoms with Gasteiger partial charge in [0.2, 0.25) is 5.60 Å². The number of hydrogen-bond acceptors (Lipinski definition) is 10. The Morgan fingerprint density at radius 1 is 1.04 bits per heavy atom. The van der Waals surface area contributed by atoms with E-state index in [2.05, 4.69) is 14.2 Å². The number of carbonyl (C=O) groups is 3.